The molecule has 0 aromatic heterocycles. The lowest BCUT2D eigenvalue weighted by atomic mass is 9.91. The van der Waals surface area contributed by atoms with Crippen LogP contribution >= 0.6 is 0 Å². The number of rotatable bonds is 15. The van der Waals surface area contributed by atoms with Gasteiger partial charge in [0.15, 0.2) is 0 Å². The van der Waals surface area contributed by atoms with Gasteiger partial charge in [0.2, 0.25) is 35.4 Å². The summed E-state index contributed by atoms with van der Waals surface area (Å²) in [5.41, 5.74) is 6.79. The van der Waals surface area contributed by atoms with E-state index in [9.17, 15) is 28.8 Å². The van der Waals surface area contributed by atoms with Gasteiger partial charge in [-0.05, 0) is 125 Å². The predicted molar refractivity (Wildman–Crippen MR) is 230 cm³/mol. The van der Waals surface area contributed by atoms with E-state index in [1.54, 1.807) is 37.7 Å². The number of hydrogen-bond acceptors (Lipinski definition) is 8. The van der Waals surface area contributed by atoms with Crippen LogP contribution in [0.2, 0.25) is 0 Å². The van der Waals surface area contributed by atoms with Gasteiger partial charge in [-0.3, -0.25) is 28.8 Å². The fourth-order valence-corrected chi connectivity index (χ4v) is 9.46. The second-order valence-corrected chi connectivity index (χ2v) is 17.8. The molecule has 0 radical (unpaired) electrons. The first-order valence-electron chi connectivity index (χ1n) is 22.1. The Balaban J connectivity index is 1.14. The van der Waals surface area contributed by atoms with Crippen LogP contribution in [-0.4, -0.2) is 109 Å². The molecule has 14 nitrogen and oxygen atoms in total. The molecule has 2 aliphatic carbocycles. The molecule has 2 saturated heterocycles. The van der Waals surface area contributed by atoms with E-state index in [1.165, 1.54) is 11.1 Å². The first-order valence-corrected chi connectivity index (χ1v) is 22.1. The van der Waals surface area contributed by atoms with Crippen molar-refractivity contribution in [3.63, 3.8) is 0 Å². The molecule has 4 aliphatic rings. The average molecular weight is 827 g/mol. The Hall–Kier alpha value is -4.82. The molecule has 326 valence electrons. The molecular weight excluding hydrogens is 761 g/mol. The molecule has 0 unspecified atom stereocenters. The number of fused-ring (bicyclic) bond motifs is 2. The van der Waals surface area contributed by atoms with Crippen molar-refractivity contribution in [3.8, 4) is 11.1 Å². The van der Waals surface area contributed by atoms with E-state index in [1.807, 2.05) is 39.8 Å². The molecule has 2 fully saturated rings. The summed E-state index contributed by atoms with van der Waals surface area (Å²) >= 11 is 0. The van der Waals surface area contributed by atoms with E-state index in [-0.39, 0.29) is 59.4 Å². The minimum atomic E-state index is -0.728. The summed E-state index contributed by atoms with van der Waals surface area (Å²) in [6.45, 7) is 12.0. The SMILES string of the molecule is CN[C@@H](C)C(=O)N[C@H](C(=O)N1CCC[C@H]1C(=O)N[C@@H]1CCc2c(-c3cccc4c3CC[C@H]4NC(=O)[C@@H]3CCCN3C(=O)[C@@H](NC(=O)[C@H](C)NC)C(C)C)cccc21)C(C)C. The summed E-state index contributed by atoms with van der Waals surface area (Å²) < 4.78 is 0. The van der Waals surface area contributed by atoms with Gasteiger partial charge in [-0.25, -0.2) is 0 Å². The van der Waals surface area contributed by atoms with E-state index in [4.69, 9.17) is 0 Å². The zero-order chi connectivity index (χ0) is 43.4. The largest absolute Gasteiger partial charge is 0.347 e. The highest BCUT2D eigenvalue weighted by Gasteiger charge is 2.42. The molecular formula is C46H66N8O6. The molecule has 6 amide bonds. The first-order chi connectivity index (χ1) is 28.7. The predicted octanol–water partition coefficient (Wildman–Crippen LogP) is 3.04. The number of carbonyl (C=O) groups is 6. The van der Waals surface area contributed by atoms with Crippen LogP contribution in [0.25, 0.3) is 11.1 Å². The van der Waals surface area contributed by atoms with Crippen LogP contribution in [0.5, 0.6) is 0 Å². The summed E-state index contributed by atoms with van der Waals surface area (Å²) in [7, 11) is 3.40. The van der Waals surface area contributed by atoms with E-state index in [0.29, 0.717) is 38.8 Å². The normalized spacial score (nSPS) is 22.8. The van der Waals surface area contributed by atoms with Crippen LogP contribution in [0.1, 0.15) is 114 Å². The quantitative estimate of drug-likeness (QED) is 0.159. The summed E-state index contributed by atoms with van der Waals surface area (Å²) in [4.78, 5) is 84.3. The van der Waals surface area contributed by atoms with Crippen molar-refractivity contribution in [1.82, 2.24) is 41.7 Å². The molecule has 60 heavy (non-hydrogen) atoms. The van der Waals surface area contributed by atoms with E-state index in [2.05, 4.69) is 56.2 Å². The van der Waals surface area contributed by atoms with Crippen molar-refractivity contribution in [3.05, 3.63) is 58.7 Å². The maximum Gasteiger partial charge on any atom is 0.246 e. The number of likely N-dealkylation sites (N-methyl/N-ethyl adjacent to an activating group) is 2. The highest BCUT2D eigenvalue weighted by Crippen LogP contribution is 2.43. The second kappa shape index (κ2) is 19.3. The fourth-order valence-electron chi connectivity index (χ4n) is 9.46. The second-order valence-electron chi connectivity index (χ2n) is 17.8. The van der Waals surface area contributed by atoms with Crippen molar-refractivity contribution in [2.75, 3.05) is 27.2 Å². The number of hydrogen-bond donors (Lipinski definition) is 6. The summed E-state index contributed by atoms with van der Waals surface area (Å²) in [5.74, 6) is -1.60. The Morgan fingerprint density at radius 1 is 0.567 bits per heavy atom. The molecule has 2 aromatic carbocycles. The topological polar surface area (TPSA) is 181 Å². The fraction of sp³-hybridized carbons (Fsp3) is 0.609. The Labute approximate surface area is 355 Å². The van der Waals surface area contributed by atoms with Gasteiger partial charge in [0, 0.05) is 13.1 Å². The molecule has 6 N–H and O–H groups in total. The highest BCUT2D eigenvalue weighted by atomic mass is 16.2. The van der Waals surface area contributed by atoms with Crippen LogP contribution in [0.15, 0.2) is 36.4 Å². The molecule has 2 heterocycles. The van der Waals surface area contributed by atoms with Crippen LogP contribution in [-0.2, 0) is 41.6 Å². The van der Waals surface area contributed by atoms with Gasteiger partial charge in [0.1, 0.15) is 24.2 Å². The maximum atomic E-state index is 13.9. The Morgan fingerprint density at radius 2 is 0.950 bits per heavy atom. The van der Waals surface area contributed by atoms with Crippen molar-refractivity contribution in [2.24, 2.45) is 11.8 Å². The molecule has 14 heteroatoms. The summed E-state index contributed by atoms with van der Waals surface area (Å²) in [6.07, 6.45) is 5.63. The highest BCUT2D eigenvalue weighted by molar-refractivity contribution is 5.95. The molecule has 0 spiro atoms. The molecule has 0 bridgehead atoms. The Morgan fingerprint density at radius 3 is 1.30 bits per heavy atom. The number of nitrogens with zero attached hydrogens (tertiary/aromatic N) is 2. The summed E-state index contributed by atoms with van der Waals surface area (Å²) in [6, 6.07) is 8.57. The van der Waals surface area contributed by atoms with Gasteiger partial charge in [0.05, 0.1) is 24.2 Å². The standard InChI is InChI=1S/C46H66N8O6/c1-25(2)39(51-41(55)27(5)47-7)45(59)53-23-11-17-37(53)43(57)49-35-21-19-31-29(13-9-15-33(31)35)30-14-10-16-34-32(30)20-22-36(34)50-44(58)38-18-12-24-54(38)46(60)40(26(3)4)52-42(56)28(6)48-8/h9-10,13-16,25-28,35-40,47-48H,11-12,17-24H2,1-8H3,(H,49,57)(H,50,58)(H,51,55)(H,52,56)/t27-,28-,35+,36+,37-,38-,39-,40-/m0/s1. The molecule has 8 atom stereocenters. The van der Waals surface area contributed by atoms with Gasteiger partial charge in [-0.15, -0.1) is 0 Å². The minimum Gasteiger partial charge on any atom is -0.347 e. The number of nitrogens with one attached hydrogen (secondary N) is 6. The monoisotopic (exact) mass is 827 g/mol. The molecule has 0 saturated carbocycles. The van der Waals surface area contributed by atoms with Gasteiger partial charge >= 0.3 is 0 Å². The van der Waals surface area contributed by atoms with Gasteiger partial charge < -0.3 is 41.7 Å². The lowest BCUT2D eigenvalue weighted by Crippen LogP contribution is -2.57. The van der Waals surface area contributed by atoms with Crippen molar-refractivity contribution in [2.45, 2.75) is 141 Å². The van der Waals surface area contributed by atoms with Crippen molar-refractivity contribution in [1.29, 1.82) is 0 Å². The minimum absolute atomic E-state index is 0.147. The average Bonchev–Trinajstić information content (AvgIpc) is 4.07. The van der Waals surface area contributed by atoms with E-state index < -0.39 is 36.3 Å². The zero-order valence-electron chi connectivity index (χ0n) is 36.7. The molecule has 2 aromatic rings. The van der Waals surface area contributed by atoms with Gasteiger partial charge in [-0.2, -0.15) is 0 Å². The van der Waals surface area contributed by atoms with E-state index >= 15 is 0 Å². The molecule has 6 rings (SSSR count). The number of amides is 6. The number of benzene rings is 2. The Bertz CT molecular complexity index is 1810. The van der Waals surface area contributed by atoms with Gasteiger partial charge in [0.25, 0.3) is 0 Å². The number of carbonyl (C=O) groups excluding carboxylic acids is 6. The lowest BCUT2D eigenvalue weighted by Gasteiger charge is -2.31. The molecule has 2 aliphatic heterocycles. The third kappa shape index (κ3) is 9.24. The van der Waals surface area contributed by atoms with Crippen molar-refractivity contribution >= 4 is 35.4 Å². The van der Waals surface area contributed by atoms with Crippen LogP contribution in [0, 0.1) is 11.8 Å². The van der Waals surface area contributed by atoms with Gasteiger partial charge in [-0.1, -0.05) is 64.1 Å². The third-order valence-corrected chi connectivity index (χ3v) is 13.3. The third-order valence-electron chi connectivity index (χ3n) is 13.3. The Kier molecular flexibility index (Phi) is 14.4. The van der Waals surface area contributed by atoms with Crippen LogP contribution in [0.4, 0.5) is 0 Å². The van der Waals surface area contributed by atoms with Crippen LogP contribution < -0.4 is 31.9 Å². The maximum absolute atomic E-state index is 13.9. The lowest BCUT2D eigenvalue weighted by molar-refractivity contribution is -0.142. The van der Waals surface area contributed by atoms with Crippen LogP contribution in [0.3, 0.4) is 0 Å². The summed E-state index contributed by atoms with van der Waals surface area (Å²) in [5, 5.41) is 18.2. The smallest absolute Gasteiger partial charge is 0.246 e. The van der Waals surface area contributed by atoms with E-state index in [0.717, 1.165) is 47.9 Å². The number of likely N-dealkylation sites (tertiary alicyclic amines) is 2. The first kappa shape index (κ1) is 44.7. The zero-order valence-corrected chi connectivity index (χ0v) is 36.7. The van der Waals surface area contributed by atoms with Crippen molar-refractivity contribution < 1.29 is 28.8 Å².